The quantitative estimate of drug-likeness (QED) is 0.582. The molecule has 0 bridgehead atoms. The van der Waals surface area contributed by atoms with E-state index in [1.54, 1.807) is 43.3 Å². The highest BCUT2D eigenvalue weighted by Crippen LogP contribution is 2.34. The summed E-state index contributed by atoms with van der Waals surface area (Å²) >= 11 is 6.79. The molecule has 3 aromatic rings. The first-order chi connectivity index (χ1) is 13.3. The number of benzene rings is 2. The zero-order valence-electron chi connectivity index (χ0n) is 15.0. The number of amides is 1. The van der Waals surface area contributed by atoms with E-state index in [4.69, 9.17) is 16.3 Å². The van der Waals surface area contributed by atoms with Crippen molar-refractivity contribution < 1.29 is 17.9 Å². The second-order valence-electron chi connectivity index (χ2n) is 5.85. The first-order valence-corrected chi connectivity index (χ1v) is 10.8. The van der Waals surface area contributed by atoms with Gasteiger partial charge in [0.15, 0.2) is 0 Å². The van der Waals surface area contributed by atoms with E-state index in [1.165, 1.54) is 19.2 Å². The molecule has 0 fully saturated rings. The molecule has 3 rings (SSSR count). The first kappa shape index (κ1) is 20.2. The van der Waals surface area contributed by atoms with Crippen LogP contribution in [0.25, 0.3) is 0 Å². The number of halogens is 1. The van der Waals surface area contributed by atoms with E-state index in [-0.39, 0.29) is 21.6 Å². The molecule has 0 radical (unpaired) electrons. The average molecular weight is 437 g/mol. The molecule has 0 aliphatic rings. The van der Waals surface area contributed by atoms with Gasteiger partial charge in [-0.1, -0.05) is 29.8 Å². The van der Waals surface area contributed by atoms with Crippen LogP contribution in [0.4, 0.5) is 11.4 Å². The predicted octanol–water partition coefficient (Wildman–Crippen LogP) is 4.77. The van der Waals surface area contributed by atoms with E-state index < -0.39 is 10.0 Å². The zero-order valence-corrected chi connectivity index (χ0v) is 17.4. The number of methoxy groups -OCH3 is 1. The number of rotatable bonds is 6. The van der Waals surface area contributed by atoms with Crippen molar-refractivity contribution in [3.63, 3.8) is 0 Å². The third kappa shape index (κ3) is 4.46. The molecular weight excluding hydrogens is 420 g/mol. The van der Waals surface area contributed by atoms with E-state index in [0.717, 1.165) is 11.3 Å². The SMILES string of the molecule is COc1cc(NC(=O)c2ccccc2)c(C)cc1NS(=O)(=O)c1ccc(Cl)s1. The maximum atomic E-state index is 12.6. The molecule has 1 heterocycles. The molecule has 1 amide bonds. The third-order valence-electron chi connectivity index (χ3n) is 3.89. The van der Waals surface area contributed by atoms with Gasteiger partial charge in [-0.3, -0.25) is 9.52 Å². The van der Waals surface area contributed by atoms with Crippen LogP contribution in [0.5, 0.6) is 5.75 Å². The minimum Gasteiger partial charge on any atom is -0.494 e. The molecule has 2 N–H and O–H groups in total. The summed E-state index contributed by atoms with van der Waals surface area (Å²) < 4.78 is 33.4. The van der Waals surface area contributed by atoms with Crippen molar-refractivity contribution in [3.05, 3.63) is 70.1 Å². The summed E-state index contributed by atoms with van der Waals surface area (Å²) in [5.41, 5.74) is 1.97. The van der Waals surface area contributed by atoms with E-state index >= 15 is 0 Å². The molecule has 2 aromatic carbocycles. The molecule has 6 nitrogen and oxygen atoms in total. The lowest BCUT2D eigenvalue weighted by Crippen LogP contribution is -2.15. The van der Waals surface area contributed by atoms with Gasteiger partial charge in [-0.15, -0.1) is 11.3 Å². The lowest BCUT2D eigenvalue weighted by atomic mass is 10.1. The molecule has 0 spiro atoms. The van der Waals surface area contributed by atoms with E-state index in [0.29, 0.717) is 21.2 Å². The van der Waals surface area contributed by atoms with Crippen LogP contribution in [0.3, 0.4) is 0 Å². The van der Waals surface area contributed by atoms with Crippen LogP contribution in [0.15, 0.2) is 58.8 Å². The monoisotopic (exact) mass is 436 g/mol. The van der Waals surface area contributed by atoms with Gasteiger partial charge in [-0.05, 0) is 42.8 Å². The fourth-order valence-electron chi connectivity index (χ4n) is 2.49. The minimum absolute atomic E-state index is 0.0960. The van der Waals surface area contributed by atoms with Gasteiger partial charge in [-0.25, -0.2) is 8.42 Å². The summed E-state index contributed by atoms with van der Waals surface area (Å²) in [5, 5.41) is 2.81. The Morgan fingerprint density at radius 1 is 1.07 bits per heavy atom. The predicted molar refractivity (Wildman–Crippen MR) is 112 cm³/mol. The van der Waals surface area contributed by atoms with Crippen molar-refractivity contribution >= 4 is 50.2 Å². The maximum absolute atomic E-state index is 12.6. The average Bonchev–Trinajstić information content (AvgIpc) is 3.11. The fourth-order valence-corrected chi connectivity index (χ4v) is 5.04. The Kier molecular flexibility index (Phi) is 5.93. The highest BCUT2D eigenvalue weighted by Gasteiger charge is 2.20. The van der Waals surface area contributed by atoms with Crippen LogP contribution in [0, 0.1) is 6.92 Å². The van der Waals surface area contributed by atoms with Crippen molar-refractivity contribution in [2.24, 2.45) is 0 Å². The second-order valence-corrected chi connectivity index (χ2v) is 9.48. The molecule has 0 saturated carbocycles. The number of hydrogen-bond donors (Lipinski definition) is 2. The molecular formula is C19H17ClN2O4S2. The number of aryl methyl sites for hydroxylation is 1. The Morgan fingerprint density at radius 3 is 2.39 bits per heavy atom. The van der Waals surface area contributed by atoms with Crippen LogP contribution in [-0.4, -0.2) is 21.4 Å². The molecule has 1 aromatic heterocycles. The topological polar surface area (TPSA) is 84.5 Å². The number of thiophene rings is 1. The van der Waals surface area contributed by atoms with Gasteiger partial charge < -0.3 is 10.1 Å². The highest BCUT2D eigenvalue weighted by molar-refractivity contribution is 7.94. The number of hydrogen-bond acceptors (Lipinski definition) is 5. The lowest BCUT2D eigenvalue weighted by molar-refractivity contribution is 0.102. The number of ether oxygens (including phenoxy) is 1. The van der Waals surface area contributed by atoms with Gasteiger partial charge in [0.2, 0.25) is 0 Å². The molecule has 0 saturated heterocycles. The summed E-state index contributed by atoms with van der Waals surface area (Å²) in [6.45, 7) is 1.76. The van der Waals surface area contributed by atoms with Gasteiger partial charge in [0.05, 0.1) is 17.1 Å². The Morgan fingerprint density at radius 2 is 1.79 bits per heavy atom. The largest absolute Gasteiger partial charge is 0.494 e. The van der Waals surface area contributed by atoms with Crippen molar-refractivity contribution in [1.29, 1.82) is 0 Å². The van der Waals surface area contributed by atoms with E-state index in [2.05, 4.69) is 10.0 Å². The Balaban J connectivity index is 1.88. The number of nitrogens with one attached hydrogen (secondary N) is 2. The molecule has 0 aliphatic heterocycles. The van der Waals surface area contributed by atoms with Gasteiger partial charge in [0, 0.05) is 17.3 Å². The summed E-state index contributed by atoms with van der Waals surface area (Å²) in [7, 11) is -2.38. The molecule has 28 heavy (non-hydrogen) atoms. The summed E-state index contributed by atoms with van der Waals surface area (Å²) in [6, 6.07) is 14.9. The van der Waals surface area contributed by atoms with E-state index in [9.17, 15) is 13.2 Å². The van der Waals surface area contributed by atoms with Crippen LogP contribution in [0.2, 0.25) is 4.34 Å². The fraction of sp³-hybridized carbons (Fsp3) is 0.105. The molecule has 0 aliphatic carbocycles. The third-order valence-corrected chi connectivity index (χ3v) is 6.98. The first-order valence-electron chi connectivity index (χ1n) is 8.13. The summed E-state index contributed by atoms with van der Waals surface area (Å²) in [6.07, 6.45) is 0. The minimum atomic E-state index is -3.80. The summed E-state index contributed by atoms with van der Waals surface area (Å²) in [5.74, 6) is 0.00695. The van der Waals surface area contributed by atoms with Gasteiger partial charge >= 0.3 is 0 Å². The Hall–Kier alpha value is -2.55. The molecule has 9 heteroatoms. The zero-order chi connectivity index (χ0) is 20.3. The Bertz CT molecular complexity index is 1110. The van der Waals surface area contributed by atoms with Crippen molar-refractivity contribution in [2.45, 2.75) is 11.1 Å². The van der Waals surface area contributed by atoms with Crippen LogP contribution in [-0.2, 0) is 10.0 Å². The van der Waals surface area contributed by atoms with Gasteiger partial charge in [0.25, 0.3) is 15.9 Å². The lowest BCUT2D eigenvalue weighted by Gasteiger charge is -2.15. The highest BCUT2D eigenvalue weighted by atomic mass is 35.5. The number of carbonyl (C=O) groups is 1. The van der Waals surface area contributed by atoms with Crippen LogP contribution >= 0.6 is 22.9 Å². The smallest absolute Gasteiger partial charge is 0.271 e. The second kappa shape index (κ2) is 8.22. The van der Waals surface area contributed by atoms with Crippen molar-refractivity contribution in [3.8, 4) is 5.75 Å². The molecule has 0 unspecified atom stereocenters. The van der Waals surface area contributed by atoms with Crippen LogP contribution in [0.1, 0.15) is 15.9 Å². The molecule has 146 valence electrons. The number of anilines is 2. The van der Waals surface area contributed by atoms with Gasteiger partial charge in [-0.2, -0.15) is 0 Å². The van der Waals surface area contributed by atoms with Crippen molar-refractivity contribution in [2.75, 3.05) is 17.1 Å². The molecule has 0 atom stereocenters. The normalized spacial score (nSPS) is 11.1. The maximum Gasteiger partial charge on any atom is 0.271 e. The van der Waals surface area contributed by atoms with Crippen LogP contribution < -0.4 is 14.8 Å². The Labute approximate surface area is 172 Å². The number of carbonyl (C=O) groups excluding carboxylic acids is 1. The number of sulfonamides is 1. The van der Waals surface area contributed by atoms with Crippen molar-refractivity contribution in [1.82, 2.24) is 0 Å². The standard InChI is InChI=1S/C19H17ClN2O4S2/c1-12-10-15(22-28(24,25)18-9-8-17(20)27-18)16(26-2)11-14(12)21-19(23)13-6-4-3-5-7-13/h3-11,22H,1-2H3,(H,21,23). The van der Waals surface area contributed by atoms with E-state index in [1.807, 2.05) is 6.07 Å². The summed E-state index contributed by atoms with van der Waals surface area (Å²) in [4.78, 5) is 12.4. The van der Waals surface area contributed by atoms with Gasteiger partial charge in [0.1, 0.15) is 9.96 Å².